The zero-order chi connectivity index (χ0) is 12.2. The number of piperidine rings is 1. The lowest BCUT2D eigenvalue weighted by Crippen LogP contribution is -2.27. The number of nitrogens with zero attached hydrogens (tertiary/aromatic N) is 2. The molecular formula is C15H23N3. The van der Waals surface area contributed by atoms with Gasteiger partial charge in [0.25, 0.3) is 0 Å². The molecule has 1 aromatic rings. The van der Waals surface area contributed by atoms with Crippen LogP contribution in [0.25, 0.3) is 0 Å². The lowest BCUT2D eigenvalue weighted by Gasteiger charge is -2.24. The third kappa shape index (κ3) is 2.72. The van der Waals surface area contributed by atoms with Crippen molar-refractivity contribution in [1.29, 1.82) is 0 Å². The van der Waals surface area contributed by atoms with E-state index in [0.29, 0.717) is 11.8 Å². The first-order valence-electron chi connectivity index (χ1n) is 7.47. The first kappa shape index (κ1) is 12.1. The number of rotatable bonds is 2. The largest absolute Gasteiger partial charge is 0.317 e. The van der Waals surface area contributed by atoms with Gasteiger partial charge in [-0.25, -0.2) is 9.97 Å². The highest BCUT2D eigenvalue weighted by atomic mass is 14.9. The topological polar surface area (TPSA) is 37.8 Å². The van der Waals surface area contributed by atoms with E-state index < -0.39 is 0 Å². The van der Waals surface area contributed by atoms with Crippen LogP contribution in [0.3, 0.4) is 0 Å². The summed E-state index contributed by atoms with van der Waals surface area (Å²) in [6.07, 6.45) is 11.2. The van der Waals surface area contributed by atoms with Crippen LogP contribution in [0.1, 0.15) is 68.3 Å². The van der Waals surface area contributed by atoms with Crippen molar-refractivity contribution in [1.82, 2.24) is 15.3 Å². The molecule has 1 aromatic heterocycles. The molecule has 3 rings (SSSR count). The maximum absolute atomic E-state index is 4.88. The lowest BCUT2D eigenvalue weighted by molar-refractivity contribution is 0.423. The summed E-state index contributed by atoms with van der Waals surface area (Å²) in [6, 6.07) is 2.14. The Hall–Kier alpha value is -0.960. The second-order valence-electron chi connectivity index (χ2n) is 5.70. The molecule has 18 heavy (non-hydrogen) atoms. The van der Waals surface area contributed by atoms with Crippen molar-refractivity contribution in [2.24, 2.45) is 0 Å². The number of hydrogen-bond acceptors (Lipinski definition) is 3. The summed E-state index contributed by atoms with van der Waals surface area (Å²) < 4.78 is 0. The third-order valence-electron chi connectivity index (χ3n) is 4.42. The van der Waals surface area contributed by atoms with Gasteiger partial charge in [-0.3, -0.25) is 0 Å². The molecule has 0 spiro atoms. The summed E-state index contributed by atoms with van der Waals surface area (Å²) >= 11 is 0. The maximum Gasteiger partial charge on any atom is 0.131 e. The quantitative estimate of drug-likeness (QED) is 0.870. The number of hydrogen-bond donors (Lipinski definition) is 1. The van der Waals surface area contributed by atoms with Gasteiger partial charge < -0.3 is 5.32 Å². The minimum absolute atomic E-state index is 0.579. The van der Waals surface area contributed by atoms with Gasteiger partial charge in [0.15, 0.2) is 0 Å². The van der Waals surface area contributed by atoms with Crippen LogP contribution in [0.5, 0.6) is 0 Å². The third-order valence-corrected chi connectivity index (χ3v) is 4.42. The first-order valence-corrected chi connectivity index (χ1v) is 7.47. The smallest absolute Gasteiger partial charge is 0.131 e. The Morgan fingerprint density at radius 1 is 0.944 bits per heavy atom. The van der Waals surface area contributed by atoms with Gasteiger partial charge in [0, 0.05) is 23.7 Å². The van der Waals surface area contributed by atoms with E-state index in [1.165, 1.54) is 50.6 Å². The average Bonchev–Trinajstić information content (AvgIpc) is 2.49. The predicted molar refractivity (Wildman–Crippen MR) is 72.7 cm³/mol. The van der Waals surface area contributed by atoms with Crippen LogP contribution < -0.4 is 5.32 Å². The Balaban J connectivity index is 1.75. The summed E-state index contributed by atoms with van der Waals surface area (Å²) in [4.78, 5) is 9.40. The normalized spacial score (nSPS) is 23.1. The fraction of sp³-hybridized carbons (Fsp3) is 0.733. The van der Waals surface area contributed by atoms with E-state index >= 15 is 0 Å². The van der Waals surface area contributed by atoms with E-state index in [1.807, 2.05) is 6.20 Å². The van der Waals surface area contributed by atoms with Gasteiger partial charge in [-0.2, -0.15) is 0 Å². The fourth-order valence-corrected chi connectivity index (χ4v) is 3.29. The molecule has 0 amide bonds. The van der Waals surface area contributed by atoms with Crippen molar-refractivity contribution in [2.75, 3.05) is 13.1 Å². The predicted octanol–water partition coefficient (Wildman–Crippen LogP) is 2.99. The zero-order valence-corrected chi connectivity index (χ0v) is 11.1. The van der Waals surface area contributed by atoms with Crippen LogP contribution in [-0.2, 0) is 0 Å². The SMILES string of the molecule is c1cc(C2CCCCC2)nc(C2CCNCC2)n1. The van der Waals surface area contributed by atoms with Crippen molar-refractivity contribution >= 4 is 0 Å². The molecule has 2 fully saturated rings. The minimum Gasteiger partial charge on any atom is -0.317 e. The summed E-state index contributed by atoms with van der Waals surface area (Å²) in [5.41, 5.74) is 1.30. The van der Waals surface area contributed by atoms with Crippen LogP contribution in [0.4, 0.5) is 0 Å². The molecule has 1 N–H and O–H groups in total. The van der Waals surface area contributed by atoms with E-state index in [-0.39, 0.29) is 0 Å². The van der Waals surface area contributed by atoms with E-state index in [0.717, 1.165) is 18.9 Å². The maximum atomic E-state index is 4.88. The van der Waals surface area contributed by atoms with Gasteiger partial charge in [0.05, 0.1) is 0 Å². The van der Waals surface area contributed by atoms with Crippen LogP contribution in [0.2, 0.25) is 0 Å². The van der Waals surface area contributed by atoms with Gasteiger partial charge in [-0.15, -0.1) is 0 Å². The monoisotopic (exact) mass is 245 g/mol. The molecule has 2 aliphatic rings. The van der Waals surface area contributed by atoms with Gasteiger partial charge >= 0.3 is 0 Å². The average molecular weight is 245 g/mol. The van der Waals surface area contributed by atoms with E-state index in [4.69, 9.17) is 4.98 Å². The van der Waals surface area contributed by atoms with Crippen LogP contribution in [-0.4, -0.2) is 23.1 Å². The number of nitrogens with one attached hydrogen (secondary N) is 1. The van der Waals surface area contributed by atoms with Crippen LogP contribution in [0, 0.1) is 0 Å². The Morgan fingerprint density at radius 3 is 2.50 bits per heavy atom. The molecule has 1 saturated carbocycles. The highest BCUT2D eigenvalue weighted by Crippen LogP contribution is 2.32. The highest BCUT2D eigenvalue weighted by Gasteiger charge is 2.21. The Kier molecular flexibility index (Phi) is 3.89. The molecule has 0 unspecified atom stereocenters. The molecule has 3 nitrogen and oxygen atoms in total. The van der Waals surface area contributed by atoms with Crippen LogP contribution >= 0.6 is 0 Å². The number of aromatic nitrogens is 2. The Bertz CT molecular complexity index is 346. The van der Waals surface area contributed by atoms with Gasteiger partial charge in [-0.1, -0.05) is 19.3 Å². The summed E-state index contributed by atoms with van der Waals surface area (Å²) in [7, 11) is 0. The zero-order valence-electron chi connectivity index (χ0n) is 11.1. The van der Waals surface area contributed by atoms with E-state index in [1.54, 1.807) is 0 Å². The second kappa shape index (κ2) is 5.79. The van der Waals surface area contributed by atoms with Crippen molar-refractivity contribution in [2.45, 2.75) is 56.8 Å². The summed E-state index contributed by atoms with van der Waals surface area (Å²) in [6.45, 7) is 2.23. The molecule has 2 heterocycles. The molecule has 1 aliphatic carbocycles. The Morgan fingerprint density at radius 2 is 1.72 bits per heavy atom. The van der Waals surface area contributed by atoms with E-state index in [2.05, 4.69) is 16.4 Å². The molecular weight excluding hydrogens is 222 g/mol. The molecule has 0 atom stereocenters. The van der Waals surface area contributed by atoms with Gasteiger partial charge in [0.2, 0.25) is 0 Å². The van der Waals surface area contributed by atoms with Gasteiger partial charge in [0.1, 0.15) is 5.82 Å². The highest BCUT2D eigenvalue weighted by molar-refractivity contribution is 5.11. The second-order valence-corrected chi connectivity index (χ2v) is 5.70. The molecule has 0 bridgehead atoms. The van der Waals surface area contributed by atoms with Crippen LogP contribution in [0.15, 0.2) is 12.3 Å². The van der Waals surface area contributed by atoms with Crippen molar-refractivity contribution in [3.05, 3.63) is 23.8 Å². The van der Waals surface area contributed by atoms with Crippen molar-refractivity contribution < 1.29 is 0 Å². The van der Waals surface area contributed by atoms with E-state index in [9.17, 15) is 0 Å². The fourth-order valence-electron chi connectivity index (χ4n) is 3.29. The van der Waals surface area contributed by atoms with Crippen molar-refractivity contribution in [3.63, 3.8) is 0 Å². The summed E-state index contributed by atoms with van der Waals surface area (Å²) in [5.74, 6) is 2.37. The van der Waals surface area contributed by atoms with Crippen molar-refractivity contribution in [3.8, 4) is 0 Å². The molecule has 3 heteroatoms. The lowest BCUT2D eigenvalue weighted by atomic mass is 9.86. The molecule has 98 valence electrons. The Labute approximate surface area is 109 Å². The molecule has 1 aliphatic heterocycles. The van der Waals surface area contributed by atoms with Gasteiger partial charge in [-0.05, 0) is 44.8 Å². The molecule has 0 aromatic carbocycles. The minimum atomic E-state index is 0.579. The molecule has 1 saturated heterocycles. The molecule has 0 radical (unpaired) electrons. The summed E-state index contributed by atoms with van der Waals surface area (Å²) in [5, 5.41) is 3.41. The first-order chi connectivity index (χ1) is 8.93. The standard InChI is InChI=1S/C15H23N3/c1-2-4-12(5-3-1)14-8-11-17-15(18-14)13-6-9-16-10-7-13/h8,11-13,16H,1-7,9-10H2.